The average Bonchev–Trinajstić information content (AvgIpc) is 2.49. The first-order valence-electron chi connectivity index (χ1n) is 5.46. The van der Waals surface area contributed by atoms with Crippen molar-refractivity contribution in [3.05, 3.63) is 0 Å². The van der Waals surface area contributed by atoms with Crippen molar-refractivity contribution >= 4 is 11.8 Å². The van der Waals surface area contributed by atoms with Crippen molar-refractivity contribution in [2.45, 2.75) is 45.8 Å². The summed E-state index contributed by atoms with van der Waals surface area (Å²) in [7, 11) is 0. The molecule has 2 N–H and O–H groups in total. The summed E-state index contributed by atoms with van der Waals surface area (Å²) in [5.41, 5.74) is 0.228. The molecule has 1 saturated heterocycles. The van der Waals surface area contributed by atoms with E-state index in [2.05, 4.69) is 26.1 Å². The lowest BCUT2D eigenvalue weighted by atomic mass is 9.89. The minimum atomic E-state index is -0.194. The Morgan fingerprint density at radius 2 is 2.21 bits per heavy atom. The highest BCUT2D eigenvalue weighted by atomic mass is 32.2. The van der Waals surface area contributed by atoms with Gasteiger partial charge in [-0.3, -0.25) is 0 Å². The van der Waals surface area contributed by atoms with Crippen molar-refractivity contribution in [1.82, 2.24) is 5.32 Å². The third-order valence-electron chi connectivity index (χ3n) is 2.42. The normalized spacial score (nSPS) is 25.3. The lowest BCUT2D eigenvalue weighted by Gasteiger charge is -2.23. The first kappa shape index (κ1) is 12.3. The summed E-state index contributed by atoms with van der Waals surface area (Å²) >= 11 is 2.00. The van der Waals surface area contributed by atoms with E-state index in [9.17, 15) is 5.11 Å². The maximum Gasteiger partial charge on any atom is 0.0669 e. The monoisotopic (exact) mass is 217 g/mol. The molecule has 0 aliphatic carbocycles. The molecule has 0 aromatic heterocycles. The van der Waals surface area contributed by atoms with Crippen LogP contribution in [0.5, 0.6) is 0 Å². The predicted molar refractivity (Wildman–Crippen MR) is 63.8 cm³/mol. The Labute approximate surface area is 91.9 Å². The Morgan fingerprint density at radius 1 is 1.50 bits per heavy atom. The summed E-state index contributed by atoms with van der Waals surface area (Å²) in [6, 6.07) is 0.634. The maximum atomic E-state index is 9.78. The molecule has 0 spiro atoms. The molecule has 0 saturated carbocycles. The van der Waals surface area contributed by atoms with Crippen LogP contribution in [0.1, 0.15) is 33.6 Å². The van der Waals surface area contributed by atoms with Crippen molar-refractivity contribution in [3.8, 4) is 0 Å². The first-order valence-corrected chi connectivity index (χ1v) is 6.62. The molecule has 14 heavy (non-hydrogen) atoms. The number of aliphatic hydroxyl groups is 1. The van der Waals surface area contributed by atoms with Crippen molar-refractivity contribution < 1.29 is 5.11 Å². The Bertz CT molecular complexity index is 161. The summed E-state index contributed by atoms with van der Waals surface area (Å²) in [6.45, 7) is 7.26. The number of rotatable bonds is 4. The Kier molecular flexibility index (Phi) is 4.74. The Hall–Kier alpha value is 0.270. The molecule has 1 heterocycles. The van der Waals surface area contributed by atoms with Crippen LogP contribution in [0.15, 0.2) is 0 Å². The van der Waals surface area contributed by atoms with Crippen LogP contribution < -0.4 is 5.32 Å². The highest BCUT2D eigenvalue weighted by Crippen LogP contribution is 2.21. The Morgan fingerprint density at radius 3 is 2.71 bits per heavy atom. The van der Waals surface area contributed by atoms with E-state index in [0.717, 1.165) is 13.0 Å². The van der Waals surface area contributed by atoms with Crippen LogP contribution in [0.2, 0.25) is 0 Å². The topological polar surface area (TPSA) is 32.3 Å². The lowest BCUT2D eigenvalue weighted by molar-refractivity contribution is 0.117. The van der Waals surface area contributed by atoms with Crippen molar-refractivity contribution in [2.24, 2.45) is 5.41 Å². The zero-order chi connectivity index (χ0) is 10.6. The third-order valence-corrected chi connectivity index (χ3v) is 3.58. The minimum Gasteiger partial charge on any atom is -0.392 e. The van der Waals surface area contributed by atoms with Crippen molar-refractivity contribution in [3.63, 3.8) is 0 Å². The Balaban J connectivity index is 2.11. The number of hydrogen-bond acceptors (Lipinski definition) is 3. The molecule has 2 unspecified atom stereocenters. The van der Waals surface area contributed by atoms with E-state index in [4.69, 9.17) is 0 Å². The zero-order valence-electron chi connectivity index (χ0n) is 9.55. The fraction of sp³-hybridized carbons (Fsp3) is 1.00. The summed E-state index contributed by atoms with van der Waals surface area (Å²) in [5.74, 6) is 2.48. The van der Waals surface area contributed by atoms with Gasteiger partial charge in [-0.15, -0.1) is 0 Å². The van der Waals surface area contributed by atoms with Crippen LogP contribution in [0.3, 0.4) is 0 Å². The fourth-order valence-corrected chi connectivity index (χ4v) is 2.96. The van der Waals surface area contributed by atoms with E-state index < -0.39 is 0 Å². The van der Waals surface area contributed by atoms with Crippen LogP contribution in [0.4, 0.5) is 0 Å². The molecule has 3 heteroatoms. The van der Waals surface area contributed by atoms with Gasteiger partial charge in [0.15, 0.2) is 0 Å². The van der Waals surface area contributed by atoms with Crippen LogP contribution in [0, 0.1) is 5.41 Å². The van der Waals surface area contributed by atoms with Gasteiger partial charge >= 0.3 is 0 Å². The van der Waals surface area contributed by atoms with Crippen LogP contribution in [-0.4, -0.2) is 35.3 Å². The van der Waals surface area contributed by atoms with E-state index in [0.29, 0.717) is 6.04 Å². The molecule has 0 amide bonds. The molecule has 0 aromatic rings. The van der Waals surface area contributed by atoms with Crippen LogP contribution >= 0.6 is 11.8 Å². The molecule has 1 aliphatic heterocycles. The van der Waals surface area contributed by atoms with Gasteiger partial charge < -0.3 is 10.4 Å². The zero-order valence-corrected chi connectivity index (χ0v) is 10.4. The second-order valence-corrected chi connectivity index (χ2v) is 6.54. The standard InChI is InChI=1S/C11H23NOS/c1-11(2,3)6-10(13)7-12-9-4-5-14-8-9/h9-10,12-13H,4-8H2,1-3H3. The molecule has 84 valence electrons. The summed E-state index contributed by atoms with van der Waals surface area (Å²) in [5, 5.41) is 13.2. The predicted octanol–water partition coefficient (Wildman–Crippen LogP) is 1.88. The van der Waals surface area contributed by atoms with Gasteiger partial charge in [0.05, 0.1) is 6.10 Å². The quantitative estimate of drug-likeness (QED) is 0.754. The number of hydrogen-bond donors (Lipinski definition) is 2. The molecule has 0 aromatic carbocycles. The number of aliphatic hydroxyl groups excluding tert-OH is 1. The average molecular weight is 217 g/mol. The number of thioether (sulfide) groups is 1. The molecule has 0 radical (unpaired) electrons. The second-order valence-electron chi connectivity index (χ2n) is 5.39. The molecule has 0 bridgehead atoms. The van der Waals surface area contributed by atoms with E-state index in [1.165, 1.54) is 17.9 Å². The van der Waals surface area contributed by atoms with Crippen molar-refractivity contribution in [1.29, 1.82) is 0 Å². The largest absolute Gasteiger partial charge is 0.392 e. The van der Waals surface area contributed by atoms with E-state index >= 15 is 0 Å². The van der Waals surface area contributed by atoms with E-state index in [1.54, 1.807) is 0 Å². The van der Waals surface area contributed by atoms with Gasteiger partial charge in [-0.25, -0.2) is 0 Å². The summed E-state index contributed by atoms with van der Waals surface area (Å²) in [6.07, 6.45) is 1.94. The van der Waals surface area contributed by atoms with Gasteiger partial charge in [0.2, 0.25) is 0 Å². The van der Waals surface area contributed by atoms with Gasteiger partial charge in [0.1, 0.15) is 0 Å². The smallest absolute Gasteiger partial charge is 0.0669 e. The first-order chi connectivity index (χ1) is 6.47. The van der Waals surface area contributed by atoms with Gasteiger partial charge in [-0.2, -0.15) is 11.8 Å². The van der Waals surface area contributed by atoms with Gasteiger partial charge in [0.25, 0.3) is 0 Å². The molecule has 1 fully saturated rings. The fourth-order valence-electron chi connectivity index (χ4n) is 1.78. The third kappa shape index (κ3) is 5.23. The maximum absolute atomic E-state index is 9.78. The van der Waals surface area contributed by atoms with E-state index in [1.807, 2.05) is 11.8 Å². The molecule has 2 nitrogen and oxygen atoms in total. The molecule has 1 aliphatic rings. The molecule has 1 rings (SSSR count). The SMILES string of the molecule is CC(C)(C)CC(O)CNC1CCSC1. The van der Waals surface area contributed by atoms with E-state index in [-0.39, 0.29) is 11.5 Å². The van der Waals surface area contributed by atoms with Gasteiger partial charge in [-0.05, 0) is 24.0 Å². The second kappa shape index (κ2) is 5.38. The lowest BCUT2D eigenvalue weighted by Crippen LogP contribution is -2.37. The summed E-state index contributed by atoms with van der Waals surface area (Å²) in [4.78, 5) is 0. The van der Waals surface area contributed by atoms with Gasteiger partial charge in [0, 0.05) is 18.3 Å². The van der Waals surface area contributed by atoms with Crippen LogP contribution in [0.25, 0.3) is 0 Å². The van der Waals surface area contributed by atoms with Crippen molar-refractivity contribution in [2.75, 3.05) is 18.1 Å². The molecular formula is C11H23NOS. The highest BCUT2D eigenvalue weighted by molar-refractivity contribution is 7.99. The van der Waals surface area contributed by atoms with Crippen LogP contribution in [-0.2, 0) is 0 Å². The van der Waals surface area contributed by atoms with Gasteiger partial charge in [-0.1, -0.05) is 20.8 Å². The molecular weight excluding hydrogens is 194 g/mol. The highest BCUT2D eigenvalue weighted by Gasteiger charge is 2.19. The minimum absolute atomic E-state index is 0.194. The summed E-state index contributed by atoms with van der Waals surface area (Å²) < 4.78 is 0. The molecule has 2 atom stereocenters. The number of nitrogens with one attached hydrogen (secondary N) is 1.